The Morgan fingerprint density at radius 1 is 1.17 bits per heavy atom. The fraction of sp³-hybridized carbons (Fsp3) is 0.818. The number of allylic oxidation sites excluding steroid dienone is 1. The summed E-state index contributed by atoms with van der Waals surface area (Å²) in [4.78, 5) is 0. The SMILES string of the molecule is C=CC[C@]1(O)CC[C@@H]2[C@@H]3CC=C4C[C@H](O)CC[C@]4(C)[C@@H]3CC[C@@]21C. The Morgan fingerprint density at radius 3 is 2.67 bits per heavy atom. The van der Waals surface area contributed by atoms with E-state index in [9.17, 15) is 10.2 Å². The minimum Gasteiger partial charge on any atom is -0.393 e. The maximum absolute atomic E-state index is 11.3. The van der Waals surface area contributed by atoms with E-state index in [1.54, 1.807) is 0 Å². The van der Waals surface area contributed by atoms with Gasteiger partial charge in [-0.15, -0.1) is 6.58 Å². The van der Waals surface area contributed by atoms with Crippen LogP contribution in [0.3, 0.4) is 0 Å². The Bertz CT molecular complexity index is 566. The van der Waals surface area contributed by atoms with Crippen LogP contribution in [0.1, 0.15) is 71.6 Å². The molecule has 0 radical (unpaired) electrons. The molecule has 2 heteroatoms. The summed E-state index contributed by atoms with van der Waals surface area (Å²) < 4.78 is 0. The number of fused-ring (bicyclic) bond motifs is 5. The van der Waals surface area contributed by atoms with Crippen LogP contribution in [-0.4, -0.2) is 21.9 Å². The van der Waals surface area contributed by atoms with Crippen LogP contribution in [0.5, 0.6) is 0 Å². The predicted molar refractivity (Wildman–Crippen MR) is 97.5 cm³/mol. The summed E-state index contributed by atoms with van der Waals surface area (Å²) in [6.45, 7) is 8.72. The normalized spacial score (nSPS) is 53.6. The second-order valence-corrected chi connectivity index (χ2v) is 9.68. The minimum absolute atomic E-state index is 0.0538. The van der Waals surface area contributed by atoms with Crippen molar-refractivity contribution in [1.82, 2.24) is 0 Å². The first-order valence-electron chi connectivity index (χ1n) is 10.0. The summed E-state index contributed by atoms with van der Waals surface area (Å²) in [5.41, 5.74) is 1.34. The van der Waals surface area contributed by atoms with E-state index >= 15 is 0 Å². The van der Waals surface area contributed by atoms with Gasteiger partial charge in [-0.05, 0) is 86.4 Å². The van der Waals surface area contributed by atoms with E-state index in [0.29, 0.717) is 17.3 Å². The summed E-state index contributed by atoms with van der Waals surface area (Å²) in [5.74, 6) is 2.10. The molecule has 7 atom stereocenters. The molecular formula is C22H34O2. The van der Waals surface area contributed by atoms with Gasteiger partial charge in [0.2, 0.25) is 0 Å². The third-order valence-corrected chi connectivity index (χ3v) is 8.88. The molecule has 0 aromatic heterocycles. The van der Waals surface area contributed by atoms with Crippen LogP contribution in [0.15, 0.2) is 24.3 Å². The molecular weight excluding hydrogens is 296 g/mol. The second-order valence-electron chi connectivity index (χ2n) is 9.68. The molecule has 134 valence electrons. The molecule has 0 amide bonds. The highest BCUT2D eigenvalue weighted by atomic mass is 16.3. The van der Waals surface area contributed by atoms with E-state index in [2.05, 4.69) is 26.5 Å². The smallest absolute Gasteiger partial charge is 0.0738 e. The molecule has 3 fully saturated rings. The van der Waals surface area contributed by atoms with Crippen molar-refractivity contribution in [3.63, 3.8) is 0 Å². The largest absolute Gasteiger partial charge is 0.393 e. The summed E-state index contributed by atoms with van der Waals surface area (Å²) in [6.07, 6.45) is 13.6. The van der Waals surface area contributed by atoms with Gasteiger partial charge in [-0.25, -0.2) is 0 Å². The van der Waals surface area contributed by atoms with Crippen molar-refractivity contribution < 1.29 is 10.2 Å². The van der Waals surface area contributed by atoms with Crippen molar-refractivity contribution >= 4 is 0 Å². The molecule has 2 N–H and O–H groups in total. The van der Waals surface area contributed by atoms with Gasteiger partial charge in [0.25, 0.3) is 0 Å². The molecule has 0 aromatic rings. The number of hydrogen-bond donors (Lipinski definition) is 2. The highest BCUT2D eigenvalue weighted by Gasteiger charge is 2.63. The Kier molecular flexibility index (Phi) is 3.82. The summed E-state index contributed by atoms with van der Waals surface area (Å²) in [7, 11) is 0. The van der Waals surface area contributed by atoms with Gasteiger partial charge in [0.15, 0.2) is 0 Å². The van der Waals surface area contributed by atoms with Gasteiger partial charge in [0.05, 0.1) is 11.7 Å². The van der Waals surface area contributed by atoms with Crippen LogP contribution in [0.25, 0.3) is 0 Å². The Hall–Kier alpha value is -0.600. The Morgan fingerprint density at radius 2 is 1.92 bits per heavy atom. The number of aliphatic hydroxyl groups is 2. The first kappa shape index (κ1) is 16.8. The zero-order chi connectivity index (χ0) is 17.2. The lowest BCUT2D eigenvalue weighted by Crippen LogP contribution is -2.54. The van der Waals surface area contributed by atoms with Crippen LogP contribution in [0.4, 0.5) is 0 Å². The Labute approximate surface area is 147 Å². The van der Waals surface area contributed by atoms with Crippen molar-refractivity contribution in [3.05, 3.63) is 24.3 Å². The van der Waals surface area contributed by atoms with Crippen LogP contribution in [-0.2, 0) is 0 Å². The molecule has 0 bridgehead atoms. The van der Waals surface area contributed by atoms with Gasteiger partial charge < -0.3 is 10.2 Å². The Balaban J connectivity index is 1.66. The molecule has 0 spiro atoms. The monoisotopic (exact) mass is 330 g/mol. The van der Waals surface area contributed by atoms with E-state index in [0.717, 1.165) is 50.9 Å². The van der Waals surface area contributed by atoms with E-state index < -0.39 is 5.60 Å². The lowest BCUT2D eigenvalue weighted by molar-refractivity contribution is -0.122. The van der Waals surface area contributed by atoms with Crippen LogP contribution in [0.2, 0.25) is 0 Å². The summed E-state index contributed by atoms with van der Waals surface area (Å²) in [6, 6.07) is 0. The summed E-state index contributed by atoms with van der Waals surface area (Å²) in [5, 5.41) is 21.4. The zero-order valence-electron chi connectivity index (χ0n) is 15.4. The van der Waals surface area contributed by atoms with Gasteiger partial charge in [0, 0.05) is 0 Å². The third kappa shape index (κ3) is 2.08. The zero-order valence-corrected chi connectivity index (χ0v) is 15.4. The quantitative estimate of drug-likeness (QED) is 0.725. The number of aliphatic hydroxyl groups excluding tert-OH is 1. The van der Waals surface area contributed by atoms with E-state index in [1.165, 1.54) is 18.4 Å². The molecule has 24 heavy (non-hydrogen) atoms. The summed E-state index contributed by atoms with van der Waals surface area (Å²) >= 11 is 0. The molecule has 4 rings (SSSR count). The highest BCUT2D eigenvalue weighted by molar-refractivity contribution is 5.26. The van der Waals surface area contributed by atoms with Crippen molar-refractivity contribution in [2.75, 3.05) is 0 Å². The maximum atomic E-state index is 11.3. The van der Waals surface area contributed by atoms with Gasteiger partial charge in [-0.3, -0.25) is 0 Å². The van der Waals surface area contributed by atoms with Gasteiger partial charge >= 0.3 is 0 Å². The van der Waals surface area contributed by atoms with Gasteiger partial charge in [-0.1, -0.05) is 31.6 Å². The molecule has 0 unspecified atom stereocenters. The second kappa shape index (κ2) is 5.45. The molecule has 0 aliphatic heterocycles. The molecule has 0 heterocycles. The van der Waals surface area contributed by atoms with Crippen LogP contribution >= 0.6 is 0 Å². The molecule has 4 aliphatic rings. The predicted octanol–water partition coefficient (Wildman–Crippen LogP) is 4.62. The highest BCUT2D eigenvalue weighted by Crippen LogP contribution is 2.67. The first-order valence-corrected chi connectivity index (χ1v) is 10.0. The molecule has 3 saturated carbocycles. The van der Waals surface area contributed by atoms with E-state index in [4.69, 9.17) is 0 Å². The van der Waals surface area contributed by atoms with Gasteiger partial charge in [-0.2, -0.15) is 0 Å². The fourth-order valence-electron chi connectivity index (χ4n) is 7.33. The molecule has 0 aromatic carbocycles. The average Bonchev–Trinajstić information content (AvgIpc) is 2.80. The number of hydrogen-bond acceptors (Lipinski definition) is 2. The minimum atomic E-state index is -0.544. The van der Waals surface area contributed by atoms with Crippen molar-refractivity contribution in [1.29, 1.82) is 0 Å². The lowest BCUT2D eigenvalue weighted by Gasteiger charge is -2.59. The van der Waals surface area contributed by atoms with E-state index in [-0.39, 0.29) is 11.5 Å². The van der Waals surface area contributed by atoms with Crippen molar-refractivity contribution in [2.45, 2.75) is 83.3 Å². The van der Waals surface area contributed by atoms with Crippen LogP contribution < -0.4 is 0 Å². The maximum Gasteiger partial charge on any atom is 0.0738 e. The standard InChI is InChI=1S/C22H34O2/c1-4-10-22(24)13-9-19-17-6-5-15-14-16(23)7-11-20(15,2)18(17)8-12-21(19,22)3/h4-5,16-19,23-24H,1,6-14H2,2-3H3/t16-,17-,18-,19-,20+,21+,22+/m1/s1. The van der Waals surface area contributed by atoms with E-state index in [1.807, 2.05) is 6.08 Å². The molecule has 0 saturated heterocycles. The molecule has 4 aliphatic carbocycles. The molecule has 2 nitrogen and oxygen atoms in total. The first-order chi connectivity index (χ1) is 11.3. The van der Waals surface area contributed by atoms with Crippen LogP contribution in [0, 0.1) is 28.6 Å². The topological polar surface area (TPSA) is 40.5 Å². The number of rotatable bonds is 2. The fourth-order valence-corrected chi connectivity index (χ4v) is 7.33. The lowest BCUT2D eigenvalue weighted by atomic mass is 9.47. The average molecular weight is 331 g/mol. The third-order valence-electron chi connectivity index (χ3n) is 8.88. The van der Waals surface area contributed by atoms with Gasteiger partial charge in [0.1, 0.15) is 0 Å². The van der Waals surface area contributed by atoms with Crippen molar-refractivity contribution in [2.24, 2.45) is 28.6 Å². The van der Waals surface area contributed by atoms with Crippen molar-refractivity contribution in [3.8, 4) is 0 Å².